The summed E-state index contributed by atoms with van der Waals surface area (Å²) in [7, 11) is 1.87. The van der Waals surface area contributed by atoms with Crippen molar-refractivity contribution < 1.29 is 14.0 Å². The molecule has 7 nitrogen and oxygen atoms in total. The van der Waals surface area contributed by atoms with Crippen LogP contribution in [0, 0.1) is 6.92 Å². The van der Waals surface area contributed by atoms with Crippen LogP contribution in [0.4, 0.5) is 5.69 Å². The standard InChI is InChI=1S/C26H26N4O3/c1-16-11-19(29(4)28-16)15-30-22-13-18(9-10-21(22)26(2,3)25(30)32)24(31)27-14-20-12-17-7-5-6-8-23(17)33-20/h5-13H,14-15H2,1-4H3,(H,27,31). The number of fused-ring (bicyclic) bond motifs is 2. The highest BCUT2D eigenvalue weighted by Gasteiger charge is 2.44. The second-order valence-corrected chi connectivity index (χ2v) is 9.08. The molecular formula is C26H26N4O3. The number of nitrogens with one attached hydrogen (secondary N) is 1. The molecule has 4 aromatic rings. The Morgan fingerprint density at radius 2 is 1.91 bits per heavy atom. The number of anilines is 1. The molecule has 1 N–H and O–H groups in total. The van der Waals surface area contributed by atoms with Gasteiger partial charge in [-0.3, -0.25) is 14.3 Å². The summed E-state index contributed by atoms with van der Waals surface area (Å²) in [6.07, 6.45) is 0. The van der Waals surface area contributed by atoms with Gasteiger partial charge in [-0.05, 0) is 56.7 Å². The van der Waals surface area contributed by atoms with Gasteiger partial charge < -0.3 is 14.6 Å². The third kappa shape index (κ3) is 3.59. The van der Waals surface area contributed by atoms with Gasteiger partial charge in [0, 0.05) is 23.7 Å². The van der Waals surface area contributed by atoms with Crippen LogP contribution in [0.15, 0.2) is 59.0 Å². The summed E-state index contributed by atoms with van der Waals surface area (Å²) in [4.78, 5) is 27.9. The van der Waals surface area contributed by atoms with Crippen LogP contribution in [-0.4, -0.2) is 21.6 Å². The molecular weight excluding hydrogens is 416 g/mol. The summed E-state index contributed by atoms with van der Waals surface area (Å²) in [5.41, 5.74) is 4.15. The molecule has 2 aromatic heterocycles. The maximum atomic E-state index is 13.3. The summed E-state index contributed by atoms with van der Waals surface area (Å²) in [5, 5.41) is 8.32. The molecule has 0 saturated carbocycles. The lowest BCUT2D eigenvalue weighted by Crippen LogP contribution is -2.36. The molecule has 2 amide bonds. The molecule has 0 atom stereocenters. The molecule has 7 heteroatoms. The topological polar surface area (TPSA) is 80.4 Å². The van der Waals surface area contributed by atoms with Crippen LogP contribution in [0.25, 0.3) is 11.0 Å². The summed E-state index contributed by atoms with van der Waals surface area (Å²) in [5.74, 6) is 0.484. The Labute approximate surface area is 192 Å². The monoisotopic (exact) mass is 442 g/mol. The zero-order valence-electron chi connectivity index (χ0n) is 19.2. The van der Waals surface area contributed by atoms with Gasteiger partial charge in [-0.2, -0.15) is 5.10 Å². The number of nitrogens with zero attached hydrogens (tertiary/aromatic N) is 3. The summed E-state index contributed by atoms with van der Waals surface area (Å²) < 4.78 is 7.58. The Hall–Kier alpha value is -3.87. The minimum atomic E-state index is -0.660. The fraction of sp³-hybridized carbons (Fsp3) is 0.269. The Bertz CT molecular complexity index is 1360. The van der Waals surface area contributed by atoms with E-state index in [2.05, 4.69) is 10.4 Å². The van der Waals surface area contributed by atoms with Crippen LogP contribution in [-0.2, 0) is 30.3 Å². The van der Waals surface area contributed by atoms with Crippen LogP contribution >= 0.6 is 0 Å². The molecule has 0 spiro atoms. The zero-order chi connectivity index (χ0) is 23.3. The molecule has 0 radical (unpaired) electrons. The Kier molecular flexibility index (Phi) is 4.85. The molecule has 0 bridgehead atoms. The largest absolute Gasteiger partial charge is 0.459 e. The SMILES string of the molecule is Cc1cc(CN2C(=O)C(C)(C)c3ccc(C(=O)NCc4cc5ccccc5o4)cc32)n(C)n1. The third-order valence-electron chi connectivity index (χ3n) is 6.32. The summed E-state index contributed by atoms with van der Waals surface area (Å²) >= 11 is 0. The number of hydrogen-bond donors (Lipinski definition) is 1. The second-order valence-electron chi connectivity index (χ2n) is 9.08. The first-order valence-corrected chi connectivity index (χ1v) is 11.0. The summed E-state index contributed by atoms with van der Waals surface area (Å²) in [6.45, 7) is 6.45. The lowest BCUT2D eigenvalue weighted by atomic mass is 9.86. The fourth-order valence-electron chi connectivity index (χ4n) is 4.51. The van der Waals surface area contributed by atoms with E-state index >= 15 is 0 Å². The molecule has 0 unspecified atom stereocenters. The molecule has 3 heterocycles. The maximum Gasteiger partial charge on any atom is 0.251 e. The van der Waals surface area contributed by atoms with Crippen molar-refractivity contribution >= 4 is 28.5 Å². The molecule has 0 fully saturated rings. The van der Waals surface area contributed by atoms with E-state index in [1.54, 1.807) is 21.7 Å². The molecule has 2 aromatic carbocycles. The number of furan rings is 1. The van der Waals surface area contributed by atoms with Crippen molar-refractivity contribution in [2.75, 3.05) is 4.90 Å². The van der Waals surface area contributed by atoms with Gasteiger partial charge in [0.25, 0.3) is 5.91 Å². The van der Waals surface area contributed by atoms with Gasteiger partial charge in [0.15, 0.2) is 0 Å². The van der Waals surface area contributed by atoms with Gasteiger partial charge in [0.2, 0.25) is 5.91 Å². The third-order valence-corrected chi connectivity index (χ3v) is 6.32. The maximum absolute atomic E-state index is 13.3. The highest BCUT2D eigenvalue weighted by atomic mass is 16.3. The predicted octanol–water partition coefficient (Wildman–Crippen LogP) is 4.23. The van der Waals surface area contributed by atoms with Crippen LogP contribution in [0.5, 0.6) is 0 Å². The van der Waals surface area contributed by atoms with Crippen molar-refractivity contribution in [3.63, 3.8) is 0 Å². The van der Waals surface area contributed by atoms with Crippen LogP contribution < -0.4 is 10.2 Å². The smallest absolute Gasteiger partial charge is 0.251 e. The highest BCUT2D eigenvalue weighted by Crippen LogP contribution is 2.42. The van der Waals surface area contributed by atoms with E-state index in [1.165, 1.54) is 0 Å². The van der Waals surface area contributed by atoms with Gasteiger partial charge in [0.05, 0.1) is 29.9 Å². The van der Waals surface area contributed by atoms with Crippen molar-refractivity contribution in [1.82, 2.24) is 15.1 Å². The Balaban J connectivity index is 1.40. The van der Waals surface area contributed by atoms with Crippen molar-refractivity contribution in [2.24, 2.45) is 7.05 Å². The fourth-order valence-corrected chi connectivity index (χ4v) is 4.51. The molecule has 1 aliphatic heterocycles. The van der Waals surface area contributed by atoms with E-state index in [0.29, 0.717) is 17.9 Å². The van der Waals surface area contributed by atoms with E-state index in [-0.39, 0.29) is 18.4 Å². The van der Waals surface area contributed by atoms with E-state index < -0.39 is 5.41 Å². The number of aromatic nitrogens is 2. The number of carbonyl (C=O) groups is 2. The first-order chi connectivity index (χ1) is 15.7. The van der Waals surface area contributed by atoms with E-state index in [4.69, 9.17) is 4.42 Å². The lowest BCUT2D eigenvalue weighted by molar-refractivity contribution is -0.122. The van der Waals surface area contributed by atoms with Crippen molar-refractivity contribution in [3.8, 4) is 0 Å². The molecule has 33 heavy (non-hydrogen) atoms. The number of benzene rings is 2. The zero-order valence-corrected chi connectivity index (χ0v) is 19.2. The van der Waals surface area contributed by atoms with E-state index in [9.17, 15) is 9.59 Å². The molecule has 0 aliphatic carbocycles. The van der Waals surface area contributed by atoms with Gasteiger partial charge in [-0.1, -0.05) is 24.3 Å². The predicted molar refractivity (Wildman–Crippen MR) is 126 cm³/mol. The quantitative estimate of drug-likeness (QED) is 0.502. The highest BCUT2D eigenvalue weighted by molar-refractivity contribution is 6.08. The Morgan fingerprint density at radius 3 is 2.64 bits per heavy atom. The number of para-hydroxylation sites is 1. The van der Waals surface area contributed by atoms with Crippen molar-refractivity contribution in [1.29, 1.82) is 0 Å². The van der Waals surface area contributed by atoms with E-state index in [0.717, 1.165) is 33.6 Å². The lowest BCUT2D eigenvalue weighted by Gasteiger charge is -2.20. The minimum Gasteiger partial charge on any atom is -0.459 e. The van der Waals surface area contributed by atoms with Gasteiger partial charge in [-0.15, -0.1) is 0 Å². The van der Waals surface area contributed by atoms with Gasteiger partial charge >= 0.3 is 0 Å². The average Bonchev–Trinajstić information content (AvgIpc) is 3.40. The van der Waals surface area contributed by atoms with Crippen LogP contribution in [0.3, 0.4) is 0 Å². The number of hydrogen-bond acceptors (Lipinski definition) is 4. The molecule has 0 saturated heterocycles. The van der Waals surface area contributed by atoms with Crippen LogP contribution in [0.2, 0.25) is 0 Å². The van der Waals surface area contributed by atoms with Crippen molar-refractivity contribution in [2.45, 2.75) is 39.3 Å². The minimum absolute atomic E-state index is 0.0104. The normalized spacial score (nSPS) is 14.7. The molecule has 168 valence electrons. The number of aryl methyl sites for hydroxylation is 2. The first kappa shape index (κ1) is 21.0. The van der Waals surface area contributed by atoms with Crippen LogP contribution in [0.1, 0.15) is 46.9 Å². The van der Waals surface area contributed by atoms with E-state index in [1.807, 2.05) is 70.3 Å². The first-order valence-electron chi connectivity index (χ1n) is 11.0. The second kappa shape index (κ2) is 7.62. The summed E-state index contributed by atoms with van der Waals surface area (Å²) in [6, 6.07) is 17.1. The Morgan fingerprint density at radius 1 is 1.12 bits per heavy atom. The van der Waals surface area contributed by atoms with Gasteiger partial charge in [0.1, 0.15) is 11.3 Å². The molecule has 1 aliphatic rings. The van der Waals surface area contributed by atoms with Crippen molar-refractivity contribution in [3.05, 3.63) is 82.9 Å². The average molecular weight is 443 g/mol. The number of rotatable bonds is 5. The van der Waals surface area contributed by atoms with Gasteiger partial charge in [-0.25, -0.2) is 0 Å². The number of carbonyl (C=O) groups excluding carboxylic acids is 2. The molecule has 5 rings (SSSR count). The number of amides is 2.